The van der Waals surface area contributed by atoms with Crippen molar-refractivity contribution in [3.05, 3.63) is 87.7 Å². The van der Waals surface area contributed by atoms with E-state index in [0.29, 0.717) is 12.1 Å². The van der Waals surface area contributed by atoms with Gasteiger partial charge < -0.3 is 10.6 Å². The number of alkyl halides is 3. The zero-order valence-corrected chi connectivity index (χ0v) is 19.9. The second kappa shape index (κ2) is 13.9. The molecule has 2 aromatic rings. The van der Waals surface area contributed by atoms with Crippen LogP contribution in [0.3, 0.4) is 0 Å². The number of thiophene rings is 1. The van der Waals surface area contributed by atoms with Crippen molar-refractivity contribution >= 4 is 34.7 Å². The Morgan fingerprint density at radius 1 is 1.25 bits per heavy atom. The normalized spacial score (nSPS) is 14.3. The molecule has 2 N–H and O–H groups in total. The van der Waals surface area contributed by atoms with Gasteiger partial charge in [0, 0.05) is 36.3 Å². The number of likely N-dealkylation sites (N-methyl/N-ethyl adjacent to an activating group) is 1. The fourth-order valence-electron chi connectivity index (χ4n) is 2.66. The fraction of sp³-hybridized carbons (Fsp3) is 0.292. The molecule has 8 heteroatoms. The number of allylic oxidation sites excluding steroid dienone is 4. The molecule has 0 fully saturated rings. The smallest absolute Gasteiger partial charge is 0.394 e. The number of aliphatic imine (C=N–C) groups is 1. The molecule has 0 saturated heterocycles. The van der Waals surface area contributed by atoms with Gasteiger partial charge in [-0.3, -0.25) is 4.99 Å². The Labute approximate surface area is 197 Å². The molecule has 1 aliphatic heterocycles. The van der Waals surface area contributed by atoms with E-state index in [-0.39, 0.29) is 5.57 Å². The minimum absolute atomic E-state index is 0.0973. The summed E-state index contributed by atoms with van der Waals surface area (Å²) in [7, 11) is 2.15. The first-order valence-electron chi connectivity index (χ1n) is 9.95. The van der Waals surface area contributed by atoms with Crippen LogP contribution in [0.2, 0.25) is 4.34 Å². The lowest BCUT2D eigenvalue weighted by atomic mass is 10.0. The summed E-state index contributed by atoms with van der Waals surface area (Å²) < 4.78 is 38.6. The summed E-state index contributed by atoms with van der Waals surface area (Å²) in [6, 6.07) is 10.3. The van der Waals surface area contributed by atoms with Gasteiger partial charge in [0.1, 0.15) is 5.70 Å². The molecule has 32 heavy (non-hydrogen) atoms. The standard InChI is InChI=1S/C12H13F3N2.C8H10ClNS.C4H6/c1-2-17-8-10(11(16)12(13,14)15)9-6-4-3-5-7-9;1-10-3-2-6-4-8(9)11-7(6)5-10;1-3-4-2/h3-8H,2,16H2,1H3;4H,2-3,5H2,1H3;3-4H,1-2H2/b11-10+,17-8?;;. The van der Waals surface area contributed by atoms with Crippen molar-refractivity contribution in [3.63, 3.8) is 0 Å². The second-order valence-electron chi connectivity index (χ2n) is 6.78. The molecule has 1 aromatic carbocycles. The Morgan fingerprint density at radius 2 is 1.88 bits per heavy atom. The van der Waals surface area contributed by atoms with Crippen LogP contribution in [-0.2, 0) is 13.0 Å². The van der Waals surface area contributed by atoms with E-state index in [2.05, 4.69) is 36.2 Å². The van der Waals surface area contributed by atoms with Gasteiger partial charge in [0.05, 0.1) is 4.34 Å². The van der Waals surface area contributed by atoms with Crippen LogP contribution in [0.5, 0.6) is 0 Å². The van der Waals surface area contributed by atoms with Crippen molar-refractivity contribution in [2.24, 2.45) is 10.7 Å². The number of nitrogens with two attached hydrogens (primary N) is 1. The Kier molecular flexibility index (Phi) is 12.1. The monoisotopic (exact) mass is 483 g/mol. The molecule has 0 bridgehead atoms. The highest BCUT2D eigenvalue weighted by atomic mass is 35.5. The van der Waals surface area contributed by atoms with Crippen LogP contribution in [0.4, 0.5) is 13.2 Å². The summed E-state index contributed by atoms with van der Waals surface area (Å²) in [5.41, 5.74) is 5.77. The van der Waals surface area contributed by atoms with Crippen LogP contribution in [-0.4, -0.2) is 37.4 Å². The average molecular weight is 484 g/mol. The van der Waals surface area contributed by atoms with Crippen molar-refractivity contribution in [2.45, 2.75) is 26.1 Å². The molecular weight excluding hydrogens is 455 g/mol. The van der Waals surface area contributed by atoms with Crippen LogP contribution in [0, 0.1) is 0 Å². The van der Waals surface area contributed by atoms with Gasteiger partial charge >= 0.3 is 6.18 Å². The highest BCUT2D eigenvalue weighted by Crippen LogP contribution is 2.30. The average Bonchev–Trinajstić information content (AvgIpc) is 3.13. The highest BCUT2D eigenvalue weighted by molar-refractivity contribution is 7.16. The summed E-state index contributed by atoms with van der Waals surface area (Å²) in [5.74, 6) is 0. The van der Waals surface area contributed by atoms with E-state index in [1.165, 1.54) is 17.0 Å². The van der Waals surface area contributed by atoms with Crippen LogP contribution in [0.1, 0.15) is 22.9 Å². The minimum Gasteiger partial charge on any atom is -0.394 e. The largest absolute Gasteiger partial charge is 0.431 e. The summed E-state index contributed by atoms with van der Waals surface area (Å²) in [6.45, 7) is 11.1. The molecule has 0 aliphatic carbocycles. The maximum atomic E-state index is 12.6. The molecule has 0 saturated carbocycles. The Hall–Kier alpha value is -2.35. The van der Waals surface area contributed by atoms with Gasteiger partial charge in [0.15, 0.2) is 0 Å². The molecule has 0 unspecified atom stereocenters. The van der Waals surface area contributed by atoms with Gasteiger partial charge in [-0.1, -0.05) is 67.2 Å². The van der Waals surface area contributed by atoms with Crippen molar-refractivity contribution in [1.82, 2.24) is 4.90 Å². The van der Waals surface area contributed by atoms with Crippen molar-refractivity contribution in [1.29, 1.82) is 0 Å². The number of benzene rings is 1. The summed E-state index contributed by atoms with van der Waals surface area (Å²) >= 11 is 7.62. The number of hydrogen-bond donors (Lipinski definition) is 1. The molecule has 3 rings (SSSR count). The number of rotatable bonds is 4. The lowest BCUT2D eigenvalue weighted by Crippen LogP contribution is -2.24. The summed E-state index contributed by atoms with van der Waals surface area (Å²) in [4.78, 5) is 7.60. The molecule has 0 atom stereocenters. The van der Waals surface area contributed by atoms with Gasteiger partial charge in [0.25, 0.3) is 0 Å². The zero-order valence-electron chi connectivity index (χ0n) is 18.3. The number of nitrogens with zero attached hydrogens (tertiary/aromatic N) is 2. The third-order valence-corrected chi connectivity index (χ3v) is 5.58. The van der Waals surface area contributed by atoms with E-state index in [1.807, 2.05) is 0 Å². The molecular formula is C24H29ClF3N3S. The first-order valence-corrected chi connectivity index (χ1v) is 11.1. The first kappa shape index (κ1) is 27.7. The van der Waals surface area contributed by atoms with E-state index in [0.717, 1.165) is 23.5 Å². The third kappa shape index (κ3) is 9.42. The highest BCUT2D eigenvalue weighted by Gasteiger charge is 2.34. The molecule has 0 spiro atoms. The number of hydrogen-bond acceptors (Lipinski definition) is 4. The number of fused-ring (bicyclic) bond motifs is 1. The lowest BCUT2D eigenvalue weighted by Gasteiger charge is -2.21. The fourth-order valence-corrected chi connectivity index (χ4v) is 4.09. The molecule has 3 nitrogen and oxygen atoms in total. The molecule has 0 amide bonds. The van der Waals surface area contributed by atoms with E-state index < -0.39 is 11.9 Å². The lowest BCUT2D eigenvalue weighted by molar-refractivity contribution is -0.0918. The molecule has 1 aromatic heterocycles. The van der Waals surface area contributed by atoms with Crippen LogP contribution < -0.4 is 5.73 Å². The number of halogens is 4. The van der Waals surface area contributed by atoms with E-state index in [9.17, 15) is 13.2 Å². The van der Waals surface area contributed by atoms with Crippen molar-refractivity contribution < 1.29 is 13.2 Å². The van der Waals surface area contributed by atoms with Gasteiger partial charge in [-0.25, -0.2) is 0 Å². The predicted molar refractivity (Wildman–Crippen MR) is 132 cm³/mol. The summed E-state index contributed by atoms with van der Waals surface area (Å²) in [5, 5.41) is 0. The summed E-state index contributed by atoms with van der Waals surface area (Å²) in [6.07, 6.45) is 1.05. The maximum absolute atomic E-state index is 12.6. The van der Waals surface area contributed by atoms with Crippen LogP contribution >= 0.6 is 22.9 Å². The van der Waals surface area contributed by atoms with Crippen LogP contribution in [0.15, 0.2) is 72.4 Å². The van der Waals surface area contributed by atoms with Crippen molar-refractivity contribution in [2.75, 3.05) is 20.1 Å². The van der Waals surface area contributed by atoms with E-state index in [4.69, 9.17) is 17.3 Å². The van der Waals surface area contributed by atoms with Crippen LogP contribution in [0.25, 0.3) is 5.57 Å². The molecule has 0 radical (unpaired) electrons. The van der Waals surface area contributed by atoms with E-state index >= 15 is 0 Å². The third-order valence-electron chi connectivity index (χ3n) is 4.29. The molecule has 174 valence electrons. The predicted octanol–water partition coefficient (Wildman–Crippen LogP) is 6.76. The molecule has 1 aliphatic rings. The molecule has 2 heterocycles. The topological polar surface area (TPSA) is 41.6 Å². The Morgan fingerprint density at radius 3 is 2.41 bits per heavy atom. The quantitative estimate of drug-likeness (QED) is 0.385. The second-order valence-corrected chi connectivity index (χ2v) is 8.55. The van der Waals surface area contributed by atoms with E-state index in [1.54, 1.807) is 60.7 Å². The van der Waals surface area contributed by atoms with Gasteiger partial charge in [-0.05, 0) is 37.6 Å². The van der Waals surface area contributed by atoms with Gasteiger partial charge in [-0.2, -0.15) is 13.2 Å². The van der Waals surface area contributed by atoms with Crippen molar-refractivity contribution in [3.8, 4) is 0 Å². The Balaban J connectivity index is 0.000000290. The first-order chi connectivity index (χ1) is 15.1. The van der Waals surface area contributed by atoms with Gasteiger partial charge in [0.2, 0.25) is 0 Å². The Bertz CT molecular complexity index is 912. The SMILES string of the molecule is C=CC=C.CCN=C/C(=C(\N)C(F)(F)F)c1ccccc1.CN1CCc2cc(Cl)sc2C1. The van der Waals surface area contributed by atoms with Gasteiger partial charge in [-0.15, -0.1) is 11.3 Å². The zero-order chi connectivity index (χ0) is 24.1. The maximum Gasteiger partial charge on any atom is 0.431 e. The minimum atomic E-state index is -4.55.